The lowest BCUT2D eigenvalue weighted by molar-refractivity contribution is -0.143. The number of nitrogens with one attached hydrogen (secondary N) is 1. The molecule has 4 nitrogen and oxygen atoms in total. The molecule has 1 fully saturated rings. The van der Waals surface area contributed by atoms with Crippen molar-refractivity contribution in [1.82, 2.24) is 4.90 Å². The monoisotopic (exact) mass is 264 g/mol. The number of para-hydroxylation sites is 1. The van der Waals surface area contributed by atoms with E-state index in [-0.39, 0.29) is 5.92 Å². The van der Waals surface area contributed by atoms with Crippen molar-refractivity contribution in [2.75, 3.05) is 18.4 Å². The predicted molar refractivity (Wildman–Crippen MR) is 74.6 cm³/mol. The minimum absolute atomic E-state index is 0.222. The third-order valence-electron chi connectivity index (χ3n) is 3.16. The van der Waals surface area contributed by atoms with Crippen molar-refractivity contribution in [2.45, 2.75) is 12.8 Å². The van der Waals surface area contributed by atoms with Crippen LogP contribution >= 0.6 is 12.2 Å². The molecule has 1 aliphatic heterocycles. The van der Waals surface area contributed by atoms with E-state index in [1.165, 1.54) is 0 Å². The largest absolute Gasteiger partial charge is 0.481 e. The summed E-state index contributed by atoms with van der Waals surface area (Å²) in [6.07, 6.45) is 1.32. The first-order valence-electron chi connectivity index (χ1n) is 6.00. The number of thiocarbonyl (C=S) groups is 1. The van der Waals surface area contributed by atoms with E-state index in [2.05, 4.69) is 5.32 Å². The minimum atomic E-state index is -0.698. The van der Waals surface area contributed by atoms with E-state index < -0.39 is 5.97 Å². The minimum Gasteiger partial charge on any atom is -0.481 e. The molecule has 1 aromatic rings. The molecular formula is C13H16N2O2S. The van der Waals surface area contributed by atoms with Crippen LogP contribution in [0.25, 0.3) is 0 Å². The highest BCUT2D eigenvalue weighted by Crippen LogP contribution is 2.18. The lowest BCUT2D eigenvalue weighted by Crippen LogP contribution is -2.42. The van der Waals surface area contributed by atoms with Gasteiger partial charge in [0.1, 0.15) is 0 Å². The molecule has 1 aromatic carbocycles. The third-order valence-corrected chi connectivity index (χ3v) is 3.52. The highest BCUT2D eigenvalue weighted by Gasteiger charge is 2.25. The average molecular weight is 264 g/mol. The smallest absolute Gasteiger partial charge is 0.306 e. The molecule has 0 radical (unpaired) electrons. The molecule has 0 aliphatic carbocycles. The van der Waals surface area contributed by atoms with Crippen LogP contribution in [0, 0.1) is 5.92 Å². The number of hydrogen-bond acceptors (Lipinski definition) is 2. The maximum atomic E-state index is 10.9. The van der Waals surface area contributed by atoms with Crippen LogP contribution < -0.4 is 5.32 Å². The molecule has 2 N–H and O–H groups in total. The first-order chi connectivity index (χ1) is 8.66. The van der Waals surface area contributed by atoms with Crippen molar-refractivity contribution in [3.63, 3.8) is 0 Å². The molecular weight excluding hydrogens is 248 g/mol. The highest BCUT2D eigenvalue weighted by molar-refractivity contribution is 7.80. The second-order valence-electron chi connectivity index (χ2n) is 4.40. The lowest BCUT2D eigenvalue weighted by Gasteiger charge is -2.32. The summed E-state index contributed by atoms with van der Waals surface area (Å²) in [6, 6.07) is 9.75. The van der Waals surface area contributed by atoms with Gasteiger partial charge in [0.25, 0.3) is 0 Å². The summed E-state index contributed by atoms with van der Waals surface area (Å²) in [7, 11) is 0. The number of hydrogen-bond donors (Lipinski definition) is 2. The number of carboxylic acid groups (broad SMARTS) is 1. The summed E-state index contributed by atoms with van der Waals surface area (Å²) in [5.41, 5.74) is 0.961. The Bertz CT molecular complexity index is 428. The molecule has 2 rings (SSSR count). The van der Waals surface area contributed by atoms with Crippen molar-refractivity contribution >= 4 is 29.0 Å². The van der Waals surface area contributed by atoms with E-state index >= 15 is 0 Å². The van der Waals surface area contributed by atoms with Gasteiger partial charge in [-0.25, -0.2) is 0 Å². The van der Waals surface area contributed by atoms with Crippen molar-refractivity contribution in [3.8, 4) is 0 Å². The van der Waals surface area contributed by atoms with Crippen LogP contribution in [-0.2, 0) is 4.79 Å². The fraction of sp³-hybridized carbons (Fsp3) is 0.385. The molecule has 0 saturated carbocycles. The summed E-state index contributed by atoms with van der Waals surface area (Å²) in [4.78, 5) is 12.9. The van der Waals surface area contributed by atoms with Gasteiger partial charge in [0.2, 0.25) is 0 Å². The maximum Gasteiger partial charge on any atom is 0.306 e. The molecule has 1 heterocycles. The van der Waals surface area contributed by atoms with Gasteiger partial charge >= 0.3 is 5.97 Å². The van der Waals surface area contributed by atoms with Gasteiger partial charge in [-0.15, -0.1) is 0 Å². The quantitative estimate of drug-likeness (QED) is 0.802. The summed E-state index contributed by atoms with van der Waals surface area (Å²) < 4.78 is 0. The Morgan fingerprint density at radius 1 is 1.28 bits per heavy atom. The second-order valence-corrected chi connectivity index (χ2v) is 4.78. The van der Waals surface area contributed by atoms with Crippen LogP contribution in [0.2, 0.25) is 0 Å². The number of likely N-dealkylation sites (tertiary alicyclic amines) is 1. The molecule has 18 heavy (non-hydrogen) atoms. The van der Waals surface area contributed by atoms with E-state index in [9.17, 15) is 4.79 Å². The number of anilines is 1. The maximum absolute atomic E-state index is 10.9. The van der Waals surface area contributed by atoms with Gasteiger partial charge in [0.15, 0.2) is 5.11 Å². The first kappa shape index (κ1) is 12.8. The van der Waals surface area contributed by atoms with Gasteiger partial charge < -0.3 is 15.3 Å². The summed E-state index contributed by atoms with van der Waals surface area (Å²) >= 11 is 5.33. The molecule has 0 unspecified atom stereocenters. The van der Waals surface area contributed by atoms with E-state index in [1.54, 1.807) is 0 Å². The molecule has 0 amide bonds. The molecule has 96 valence electrons. The molecule has 5 heteroatoms. The Balaban J connectivity index is 1.86. The fourth-order valence-electron chi connectivity index (χ4n) is 2.05. The third kappa shape index (κ3) is 3.20. The standard InChI is InChI=1S/C13H16N2O2S/c16-12(17)10-6-8-15(9-7-10)13(18)14-11-4-2-1-3-5-11/h1-5,10H,6-9H2,(H,14,18)(H,16,17). The fourth-order valence-corrected chi connectivity index (χ4v) is 2.35. The normalized spacial score (nSPS) is 16.3. The number of benzene rings is 1. The summed E-state index contributed by atoms with van der Waals surface area (Å²) in [6.45, 7) is 1.41. The Hall–Kier alpha value is -1.62. The Morgan fingerprint density at radius 2 is 1.89 bits per heavy atom. The first-order valence-corrected chi connectivity index (χ1v) is 6.41. The molecule has 1 aliphatic rings. The number of rotatable bonds is 2. The Labute approximate surface area is 112 Å². The number of nitrogens with zero attached hydrogens (tertiary/aromatic N) is 1. The van der Waals surface area contributed by atoms with Gasteiger partial charge in [-0.2, -0.15) is 0 Å². The highest BCUT2D eigenvalue weighted by atomic mass is 32.1. The van der Waals surface area contributed by atoms with Crippen LogP contribution in [0.1, 0.15) is 12.8 Å². The Kier molecular flexibility index (Phi) is 4.15. The number of carboxylic acids is 1. The van der Waals surface area contributed by atoms with E-state index in [1.807, 2.05) is 35.2 Å². The van der Waals surface area contributed by atoms with E-state index in [4.69, 9.17) is 17.3 Å². The molecule has 0 bridgehead atoms. The SMILES string of the molecule is O=C(O)C1CCN(C(=S)Nc2ccccc2)CC1. The average Bonchev–Trinajstić information content (AvgIpc) is 2.40. The zero-order valence-electron chi connectivity index (χ0n) is 10.0. The zero-order chi connectivity index (χ0) is 13.0. The van der Waals surface area contributed by atoms with Crippen LogP contribution in [0.5, 0.6) is 0 Å². The van der Waals surface area contributed by atoms with Crippen molar-refractivity contribution in [2.24, 2.45) is 5.92 Å². The zero-order valence-corrected chi connectivity index (χ0v) is 10.8. The molecule has 0 spiro atoms. The number of carbonyl (C=O) groups is 1. The predicted octanol–water partition coefficient (Wildman–Crippen LogP) is 2.18. The molecule has 0 atom stereocenters. The number of aliphatic carboxylic acids is 1. The van der Waals surface area contributed by atoms with Crippen LogP contribution in [0.3, 0.4) is 0 Å². The van der Waals surface area contributed by atoms with E-state index in [0.717, 1.165) is 5.69 Å². The lowest BCUT2D eigenvalue weighted by atomic mass is 9.97. The van der Waals surface area contributed by atoms with Gasteiger partial charge in [-0.05, 0) is 37.2 Å². The van der Waals surface area contributed by atoms with Crippen molar-refractivity contribution in [1.29, 1.82) is 0 Å². The van der Waals surface area contributed by atoms with Crippen molar-refractivity contribution in [3.05, 3.63) is 30.3 Å². The summed E-state index contributed by atoms with van der Waals surface area (Å²) in [5, 5.41) is 12.8. The van der Waals surface area contributed by atoms with Gasteiger partial charge in [-0.1, -0.05) is 18.2 Å². The number of piperidine rings is 1. The van der Waals surface area contributed by atoms with E-state index in [0.29, 0.717) is 31.0 Å². The van der Waals surface area contributed by atoms with Gasteiger partial charge in [0, 0.05) is 18.8 Å². The molecule has 0 aromatic heterocycles. The Morgan fingerprint density at radius 3 is 2.44 bits per heavy atom. The second kappa shape index (κ2) is 5.82. The van der Waals surface area contributed by atoms with Crippen LogP contribution in [0.4, 0.5) is 5.69 Å². The van der Waals surface area contributed by atoms with Crippen molar-refractivity contribution < 1.29 is 9.90 Å². The van der Waals surface area contributed by atoms with Gasteiger partial charge in [0.05, 0.1) is 5.92 Å². The molecule has 1 saturated heterocycles. The van der Waals surface area contributed by atoms with Gasteiger partial charge in [-0.3, -0.25) is 4.79 Å². The van der Waals surface area contributed by atoms with Crippen LogP contribution in [-0.4, -0.2) is 34.2 Å². The summed E-state index contributed by atoms with van der Waals surface area (Å²) in [5.74, 6) is -0.919. The topological polar surface area (TPSA) is 52.6 Å². The van der Waals surface area contributed by atoms with Crippen LogP contribution in [0.15, 0.2) is 30.3 Å².